The van der Waals surface area contributed by atoms with Gasteiger partial charge in [-0.1, -0.05) is 40.2 Å². The van der Waals surface area contributed by atoms with E-state index in [0.29, 0.717) is 0 Å². The standard InChI is InChI=1S/C17H18BrFN2/c18-15-7-5-14(6-8-15)13-20-9-11-21(12-10-20)17-4-2-1-3-16(17)19/h1-8H,9-13H2. The van der Waals surface area contributed by atoms with Crippen LogP contribution in [0.25, 0.3) is 0 Å². The van der Waals surface area contributed by atoms with Gasteiger partial charge in [-0.2, -0.15) is 0 Å². The number of benzene rings is 2. The zero-order chi connectivity index (χ0) is 14.7. The molecule has 0 radical (unpaired) electrons. The summed E-state index contributed by atoms with van der Waals surface area (Å²) in [5.41, 5.74) is 2.04. The molecule has 1 aliphatic rings. The molecule has 1 fully saturated rings. The van der Waals surface area contributed by atoms with E-state index in [0.717, 1.165) is 42.9 Å². The van der Waals surface area contributed by atoms with Crippen LogP contribution in [-0.2, 0) is 6.54 Å². The largest absolute Gasteiger partial charge is 0.367 e. The lowest BCUT2D eigenvalue weighted by atomic mass is 10.2. The quantitative estimate of drug-likeness (QED) is 0.829. The van der Waals surface area contributed by atoms with Crippen molar-refractivity contribution < 1.29 is 4.39 Å². The zero-order valence-corrected chi connectivity index (χ0v) is 13.4. The second kappa shape index (κ2) is 6.58. The highest BCUT2D eigenvalue weighted by molar-refractivity contribution is 9.10. The Bertz CT molecular complexity index is 592. The van der Waals surface area contributed by atoms with Gasteiger partial charge >= 0.3 is 0 Å². The number of rotatable bonds is 3. The summed E-state index contributed by atoms with van der Waals surface area (Å²) in [7, 11) is 0. The van der Waals surface area contributed by atoms with Gasteiger partial charge < -0.3 is 4.90 Å². The number of hydrogen-bond acceptors (Lipinski definition) is 2. The number of para-hydroxylation sites is 1. The maximum absolute atomic E-state index is 13.8. The molecule has 0 spiro atoms. The van der Waals surface area contributed by atoms with Crippen LogP contribution in [0, 0.1) is 5.82 Å². The van der Waals surface area contributed by atoms with Crippen molar-refractivity contribution in [2.75, 3.05) is 31.1 Å². The van der Waals surface area contributed by atoms with Crippen LogP contribution in [0.4, 0.5) is 10.1 Å². The molecule has 0 N–H and O–H groups in total. The number of halogens is 2. The number of anilines is 1. The van der Waals surface area contributed by atoms with E-state index in [1.165, 1.54) is 11.6 Å². The van der Waals surface area contributed by atoms with Crippen molar-refractivity contribution in [2.45, 2.75) is 6.54 Å². The van der Waals surface area contributed by atoms with E-state index in [9.17, 15) is 4.39 Å². The SMILES string of the molecule is Fc1ccccc1N1CCN(Cc2ccc(Br)cc2)CC1. The van der Waals surface area contributed by atoms with Gasteiger partial charge in [-0.05, 0) is 29.8 Å². The van der Waals surface area contributed by atoms with E-state index >= 15 is 0 Å². The van der Waals surface area contributed by atoms with Crippen LogP contribution in [0.15, 0.2) is 53.0 Å². The number of nitrogens with zero attached hydrogens (tertiary/aromatic N) is 2. The molecule has 0 saturated carbocycles. The summed E-state index contributed by atoms with van der Waals surface area (Å²) < 4.78 is 14.9. The van der Waals surface area contributed by atoms with Crippen LogP contribution in [0.2, 0.25) is 0 Å². The first-order chi connectivity index (χ1) is 10.2. The van der Waals surface area contributed by atoms with Crippen LogP contribution >= 0.6 is 15.9 Å². The van der Waals surface area contributed by atoms with Gasteiger partial charge in [0.05, 0.1) is 5.69 Å². The van der Waals surface area contributed by atoms with Gasteiger partial charge in [-0.15, -0.1) is 0 Å². The molecule has 0 unspecified atom stereocenters. The van der Waals surface area contributed by atoms with Crippen molar-refractivity contribution in [3.63, 3.8) is 0 Å². The molecule has 0 aromatic heterocycles. The predicted molar refractivity (Wildman–Crippen MR) is 88.0 cm³/mol. The van der Waals surface area contributed by atoms with Crippen molar-refractivity contribution in [1.29, 1.82) is 0 Å². The van der Waals surface area contributed by atoms with Crippen LogP contribution in [0.5, 0.6) is 0 Å². The molecule has 0 amide bonds. The average Bonchev–Trinajstić information content (AvgIpc) is 2.51. The topological polar surface area (TPSA) is 6.48 Å². The third-order valence-electron chi connectivity index (χ3n) is 3.88. The molecule has 4 heteroatoms. The second-order valence-corrected chi connectivity index (χ2v) is 6.26. The monoisotopic (exact) mass is 348 g/mol. The Kier molecular flexibility index (Phi) is 4.56. The lowest BCUT2D eigenvalue weighted by molar-refractivity contribution is 0.249. The minimum Gasteiger partial charge on any atom is -0.367 e. The fourth-order valence-electron chi connectivity index (χ4n) is 2.70. The van der Waals surface area contributed by atoms with Gasteiger partial charge in [-0.25, -0.2) is 4.39 Å². The van der Waals surface area contributed by atoms with Gasteiger partial charge in [0.15, 0.2) is 0 Å². The van der Waals surface area contributed by atoms with Crippen molar-refractivity contribution in [1.82, 2.24) is 4.90 Å². The Balaban J connectivity index is 1.58. The van der Waals surface area contributed by atoms with Crippen LogP contribution < -0.4 is 4.90 Å². The molecule has 110 valence electrons. The highest BCUT2D eigenvalue weighted by atomic mass is 79.9. The van der Waals surface area contributed by atoms with Crippen molar-refractivity contribution in [2.24, 2.45) is 0 Å². The Morgan fingerprint density at radius 2 is 1.57 bits per heavy atom. The highest BCUT2D eigenvalue weighted by Crippen LogP contribution is 2.21. The molecule has 1 saturated heterocycles. The summed E-state index contributed by atoms with van der Waals surface area (Å²) in [6.45, 7) is 4.63. The normalized spacial score (nSPS) is 16.2. The van der Waals surface area contributed by atoms with Crippen LogP contribution in [0.1, 0.15) is 5.56 Å². The molecular formula is C17H18BrFN2. The van der Waals surface area contributed by atoms with Gasteiger partial charge in [0.25, 0.3) is 0 Å². The minimum atomic E-state index is -0.126. The first-order valence-electron chi connectivity index (χ1n) is 7.18. The summed E-state index contributed by atoms with van der Waals surface area (Å²) in [5, 5.41) is 0. The Morgan fingerprint density at radius 1 is 0.905 bits per heavy atom. The molecular weight excluding hydrogens is 331 g/mol. The Hall–Kier alpha value is -1.39. The minimum absolute atomic E-state index is 0.126. The molecule has 0 aliphatic carbocycles. The molecule has 2 aromatic carbocycles. The Morgan fingerprint density at radius 3 is 2.24 bits per heavy atom. The molecule has 3 rings (SSSR count). The molecule has 21 heavy (non-hydrogen) atoms. The van der Waals surface area contributed by atoms with Crippen molar-refractivity contribution >= 4 is 21.6 Å². The lowest BCUT2D eigenvalue weighted by Crippen LogP contribution is -2.46. The fourth-order valence-corrected chi connectivity index (χ4v) is 2.97. The third kappa shape index (κ3) is 3.63. The second-order valence-electron chi connectivity index (χ2n) is 5.34. The molecule has 0 atom stereocenters. The van der Waals surface area contributed by atoms with E-state index in [1.54, 1.807) is 6.07 Å². The molecule has 2 aromatic rings. The fraction of sp³-hybridized carbons (Fsp3) is 0.294. The highest BCUT2D eigenvalue weighted by Gasteiger charge is 2.19. The van der Waals surface area contributed by atoms with E-state index in [2.05, 4.69) is 50.0 Å². The first kappa shape index (κ1) is 14.5. The van der Waals surface area contributed by atoms with Gasteiger partial charge in [-0.3, -0.25) is 4.90 Å². The molecule has 1 heterocycles. The third-order valence-corrected chi connectivity index (χ3v) is 4.41. The van der Waals surface area contributed by atoms with Gasteiger partial charge in [0.2, 0.25) is 0 Å². The summed E-state index contributed by atoms with van der Waals surface area (Å²) >= 11 is 3.46. The maximum Gasteiger partial charge on any atom is 0.146 e. The smallest absolute Gasteiger partial charge is 0.146 e. The Labute approximate surface area is 133 Å². The van der Waals surface area contributed by atoms with Crippen molar-refractivity contribution in [3.05, 3.63) is 64.4 Å². The number of hydrogen-bond donors (Lipinski definition) is 0. The summed E-state index contributed by atoms with van der Waals surface area (Å²) in [5.74, 6) is -0.126. The van der Waals surface area contributed by atoms with Crippen molar-refractivity contribution in [3.8, 4) is 0 Å². The maximum atomic E-state index is 13.8. The van der Waals surface area contributed by atoms with Gasteiger partial charge in [0.1, 0.15) is 5.82 Å². The van der Waals surface area contributed by atoms with E-state index in [1.807, 2.05) is 12.1 Å². The molecule has 1 aliphatic heterocycles. The first-order valence-corrected chi connectivity index (χ1v) is 7.98. The van der Waals surface area contributed by atoms with Crippen LogP contribution in [0.3, 0.4) is 0 Å². The summed E-state index contributed by atoms with van der Waals surface area (Å²) in [6.07, 6.45) is 0. The van der Waals surface area contributed by atoms with Gasteiger partial charge in [0, 0.05) is 37.2 Å². The zero-order valence-electron chi connectivity index (χ0n) is 11.8. The molecule has 2 nitrogen and oxygen atoms in total. The van der Waals surface area contributed by atoms with E-state index < -0.39 is 0 Å². The van der Waals surface area contributed by atoms with Crippen LogP contribution in [-0.4, -0.2) is 31.1 Å². The van der Waals surface area contributed by atoms with E-state index in [4.69, 9.17) is 0 Å². The summed E-state index contributed by atoms with van der Waals surface area (Å²) in [6, 6.07) is 15.5. The predicted octanol–water partition coefficient (Wildman–Crippen LogP) is 3.91. The molecule has 0 bridgehead atoms. The van der Waals surface area contributed by atoms with E-state index in [-0.39, 0.29) is 5.82 Å². The summed E-state index contributed by atoms with van der Waals surface area (Å²) in [4.78, 5) is 4.55. The average molecular weight is 349 g/mol. The number of piperazine rings is 1. The lowest BCUT2D eigenvalue weighted by Gasteiger charge is -2.36.